The standard InChI is InChI=1S/C10H13FN2.2ClH/c11-9-2-1-3-10(8-9)13-6-4-12-5-7-13;;/h1-3,8,12H,4-7H2;2*1H. The molecule has 2 nitrogen and oxygen atoms in total. The molecule has 1 fully saturated rings. The summed E-state index contributed by atoms with van der Waals surface area (Å²) in [7, 11) is 0. The minimum Gasteiger partial charge on any atom is -0.369 e. The maximum absolute atomic E-state index is 12.9. The first kappa shape index (κ1) is 14.5. The Morgan fingerprint density at radius 3 is 2.40 bits per heavy atom. The maximum Gasteiger partial charge on any atom is 0.125 e. The molecule has 2 rings (SSSR count). The van der Waals surface area contributed by atoms with Gasteiger partial charge in [-0.3, -0.25) is 0 Å². The molecular weight excluding hydrogens is 238 g/mol. The second-order valence-electron chi connectivity index (χ2n) is 3.22. The predicted octanol–water partition coefficient (Wildman–Crippen LogP) is 2.08. The van der Waals surface area contributed by atoms with E-state index in [9.17, 15) is 4.39 Å². The van der Waals surface area contributed by atoms with Crippen LogP contribution in [0, 0.1) is 5.82 Å². The van der Waals surface area contributed by atoms with Crippen molar-refractivity contribution in [2.24, 2.45) is 0 Å². The Morgan fingerprint density at radius 2 is 1.80 bits per heavy atom. The fraction of sp³-hybridized carbons (Fsp3) is 0.400. The van der Waals surface area contributed by atoms with Crippen molar-refractivity contribution in [3.63, 3.8) is 0 Å². The molecule has 0 bridgehead atoms. The third-order valence-electron chi connectivity index (χ3n) is 2.29. The van der Waals surface area contributed by atoms with Gasteiger partial charge in [-0.05, 0) is 18.2 Å². The lowest BCUT2D eigenvalue weighted by molar-refractivity contribution is 0.584. The quantitative estimate of drug-likeness (QED) is 0.824. The van der Waals surface area contributed by atoms with Crippen LogP contribution in [0.4, 0.5) is 10.1 Å². The lowest BCUT2D eigenvalue weighted by Gasteiger charge is -2.29. The Kier molecular flexibility index (Phi) is 6.65. The van der Waals surface area contributed by atoms with Crippen LogP contribution in [0.2, 0.25) is 0 Å². The molecule has 1 aromatic rings. The Hall–Kier alpha value is -0.510. The molecule has 5 heteroatoms. The molecule has 1 heterocycles. The normalized spacial score (nSPS) is 15.1. The Morgan fingerprint density at radius 1 is 1.13 bits per heavy atom. The number of piperazine rings is 1. The Balaban J connectivity index is 0.000000980. The minimum absolute atomic E-state index is 0. The number of anilines is 1. The number of benzene rings is 1. The van der Waals surface area contributed by atoms with Gasteiger partial charge in [-0.15, -0.1) is 24.8 Å². The van der Waals surface area contributed by atoms with Gasteiger partial charge >= 0.3 is 0 Å². The van der Waals surface area contributed by atoms with Crippen LogP contribution in [-0.4, -0.2) is 26.2 Å². The van der Waals surface area contributed by atoms with Gasteiger partial charge in [-0.2, -0.15) is 0 Å². The van der Waals surface area contributed by atoms with Crippen LogP contribution in [0.3, 0.4) is 0 Å². The fourth-order valence-corrected chi connectivity index (χ4v) is 1.60. The first-order chi connectivity index (χ1) is 6.36. The van der Waals surface area contributed by atoms with Crippen LogP contribution in [0.5, 0.6) is 0 Å². The second kappa shape index (κ2) is 6.88. The topological polar surface area (TPSA) is 15.3 Å². The maximum atomic E-state index is 12.9. The fourth-order valence-electron chi connectivity index (χ4n) is 1.60. The summed E-state index contributed by atoms with van der Waals surface area (Å²) in [6.45, 7) is 3.89. The highest BCUT2D eigenvalue weighted by atomic mass is 35.5. The van der Waals surface area contributed by atoms with Gasteiger partial charge in [0.15, 0.2) is 0 Å². The van der Waals surface area contributed by atoms with E-state index in [1.54, 1.807) is 12.1 Å². The first-order valence-electron chi connectivity index (χ1n) is 4.57. The molecule has 1 aromatic carbocycles. The molecule has 86 valence electrons. The van der Waals surface area contributed by atoms with Crippen LogP contribution in [0.1, 0.15) is 0 Å². The molecular formula is C10H15Cl2FN2. The highest BCUT2D eigenvalue weighted by Crippen LogP contribution is 2.15. The van der Waals surface area contributed by atoms with Crippen molar-refractivity contribution >= 4 is 30.5 Å². The molecule has 0 unspecified atom stereocenters. The zero-order chi connectivity index (χ0) is 9.10. The third kappa shape index (κ3) is 3.86. The molecule has 0 aliphatic carbocycles. The van der Waals surface area contributed by atoms with Crippen molar-refractivity contribution in [2.45, 2.75) is 0 Å². The SMILES string of the molecule is Cl.Cl.Fc1cccc(N2CCNCC2)c1. The van der Waals surface area contributed by atoms with Crippen LogP contribution in [-0.2, 0) is 0 Å². The highest BCUT2D eigenvalue weighted by Gasteiger charge is 2.09. The van der Waals surface area contributed by atoms with Crippen molar-refractivity contribution in [2.75, 3.05) is 31.1 Å². The van der Waals surface area contributed by atoms with Crippen molar-refractivity contribution in [1.29, 1.82) is 0 Å². The minimum atomic E-state index is -0.156. The van der Waals surface area contributed by atoms with Crippen molar-refractivity contribution < 1.29 is 4.39 Å². The smallest absolute Gasteiger partial charge is 0.125 e. The van der Waals surface area contributed by atoms with Gasteiger partial charge in [0.1, 0.15) is 5.82 Å². The van der Waals surface area contributed by atoms with Gasteiger partial charge in [0.05, 0.1) is 0 Å². The van der Waals surface area contributed by atoms with Gasteiger partial charge < -0.3 is 10.2 Å². The van der Waals surface area contributed by atoms with E-state index >= 15 is 0 Å². The summed E-state index contributed by atoms with van der Waals surface area (Å²) in [6, 6.07) is 6.78. The molecule has 1 saturated heterocycles. The van der Waals surface area contributed by atoms with Gasteiger partial charge in [0.2, 0.25) is 0 Å². The van der Waals surface area contributed by atoms with Gasteiger partial charge in [-0.25, -0.2) is 4.39 Å². The number of rotatable bonds is 1. The van der Waals surface area contributed by atoms with Gasteiger partial charge in [0.25, 0.3) is 0 Å². The molecule has 0 amide bonds. The zero-order valence-corrected chi connectivity index (χ0v) is 9.91. The van der Waals surface area contributed by atoms with E-state index in [1.807, 2.05) is 6.07 Å². The van der Waals surface area contributed by atoms with Crippen molar-refractivity contribution in [1.82, 2.24) is 5.32 Å². The molecule has 1 N–H and O–H groups in total. The number of nitrogens with zero attached hydrogens (tertiary/aromatic N) is 1. The Bertz CT molecular complexity index is 291. The summed E-state index contributed by atoms with van der Waals surface area (Å²) < 4.78 is 12.9. The van der Waals surface area contributed by atoms with Gasteiger partial charge in [-0.1, -0.05) is 6.07 Å². The van der Waals surface area contributed by atoms with E-state index in [4.69, 9.17) is 0 Å². The van der Waals surface area contributed by atoms with Crippen LogP contribution in [0.25, 0.3) is 0 Å². The summed E-state index contributed by atoms with van der Waals surface area (Å²) in [4.78, 5) is 2.19. The average molecular weight is 253 g/mol. The lowest BCUT2D eigenvalue weighted by atomic mass is 10.2. The van der Waals surface area contributed by atoms with E-state index in [0.29, 0.717) is 0 Å². The molecule has 0 radical (unpaired) electrons. The lowest BCUT2D eigenvalue weighted by Crippen LogP contribution is -2.43. The molecule has 1 aliphatic heterocycles. The number of hydrogen-bond acceptors (Lipinski definition) is 2. The molecule has 0 atom stereocenters. The van der Waals surface area contributed by atoms with Crippen molar-refractivity contribution in [3.05, 3.63) is 30.1 Å². The summed E-state index contributed by atoms with van der Waals surface area (Å²) in [5.41, 5.74) is 0.988. The van der Waals surface area contributed by atoms with Crippen LogP contribution >= 0.6 is 24.8 Å². The number of hydrogen-bond donors (Lipinski definition) is 1. The average Bonchev–Trinajstić information content (AvgIpc) is 2.19. The molecule has 1 aliphatic rings. The number of nitrogens with one attached hydrogen (secondary N) is 1. The largest absolute Gasteiger partial charge is 0.369 e. The molecule has 0 saturated carbocycles. The summed E-state index contributed by atoms with van der Waals surface area (Å²) in [6.07, 6.45) is 0. The van der Waals surface area contributed by atoms with Crippen LogP contribution in [0.15, 0.2) is 24.3 Å². The van der Waals surface area contributed by atoms with Crippen LogP contribution < -0.4 is 10.2 Å². The summed E-state index contributed by atoms with van der Waals surface area (Å²) >= 11 is 0. The summed E-state index contributed by atoms with van der Waals surface area (Å²) in [5.74, 6) is -0.156. The first-order valence-corrected chi connectivity index (χ1v) is 4.57. The van der Waals surface area contributed by atoms with Crippen molar-refractivity contribution in [3.8, 4) is 0 Å². The second-order valence-corrected chi connectivity index (χ2v) is 3.22. The van der Waals surface area contributed by atoms with E-state index in [-0.39, 0.29) is 30.6 Å². The highest BCUT2D eigenvalue weighted by molar-refractivity contribution is 5.85. The molecule has 0 spiro atoms. The summed E-state index contributed by atoms with van der Waals surface area (Å²) in [5, 5.41) is 3.26. The molecule has 0 aromatic heterocycles. The third-order valence-corrected chi connectivity index (χ3v) is 2.29. The number of halogens is 3. The van der Waals surface area contributed by atoms with E-state index in [1.165, 1.54) is 6.07 Å². The molecule has 15 heavy (non-hydrogen) atoms. The Labute approximate surface area is 102 Å². The van der Waals surface area contributed by atoms with E-state index in [0.717, 1.165) is 31.9 Å². The zero-order valence-electron chi connectivity index (χ0n) is 8.28. The van der Waals surface area contributed by atoms with Gasteiger partial charge in [0, 0.05) is 31.9 Å². The monoisotopic (exact) mass is 252 g/mol. The van der Waals surface area contributed by atoms with E-state index < -0.39 is 0 Å². The van der Waals surface area contributed by atoms with E-state index in [2.05, 4.69) is 10.2 Å². The predicted molar refractivity (Wildman–Crippen MR) is 66.0 cm³/mol.